The van der Waals surface area contributed by atoms with Crippen molar-refractivity contribution in [1.82, 2.24) is 0 Å². The van der Waals surface area contributed by atoms with Gasteiger partial charge in [-0.1, -0.05) is 6.07 Å². The highest BCUT2D eigenvalue weighted by atomic mass is 32.1. The molecule has 0 unspecified atom stereocenters. The van der Waals surface area contributed by atoms with Crippen molar-refractivity contribution in [1.29, 1.82) is 0 Å². The topological polar surface area (TPSA) is 17.1 Å². The molecule has 2 heterocycles. The van der Waals surface area contributed by atoms with Crippen LogP contribution in [-0.2, 0) is 0 Å². The monoisotopic (exact) mass is 206 g/mol. The van der Waals surface area contributed by atoms with Gasteiger partial charge in [0.05, 0.1) is 4.88 Å². The normalized spacial score (nSPS) is 10.2. The summed E-state index contributed by atoms with van der Waals surface area (Å²) in [4.78, 5) is 13.7. The maximum Gasteiger partial charge on any atom is 0.160 e. The first-order chi connectivity index (χ1) is 6.29. The lowest BCUT2D eigenvalue weighted by Crippen LogP contribution is -1.88. The lowest BCUT2D eigenvalue weighted by molar-refractivity contribution is 0.112. The summed E-state index contributed by atoms with van der Waals surface area (Å²) in [5.41, 5.74) is 0. The van der Waals surface area contributed by atoms with E-state index in [1.807, 2.05) is 12.1 Å². The minimum atomic E-state index is 0.793. The fourth-order valence-corrected chi connectivity index (χ4v) is 2.90. The van der Waals surface area contributed by atoms with Gasteiger partial charge >= 0.3 is 0 Å². The molecule has 0 spiro atoms. The van der Waals surface area contributed by atoms with Crippen molar-refractivity contribution in [3.05, 3.63) is 29.1 Å². The van der Waals surface area contributed by atoms with Crippen molar-refractivity contribution in [3.63, 3.8) is 0 Å². The van der Waals surface area contributed by atoms with Gasteiger partial charge < -0.3 is 0 Å². The molecule has 0 aliphatic carbocycles. The Labute approximate surface area is 85.4 Å². The highest BCUT2D eigenvalue weighted by Crippen LogP contribution is 2.29. The third-order valence-electron chi connectivity index (χ3n) is 1.73. The largest absolute Gasteiger partial charge is 0.297 e. The van der Waals surface area contributed by atoms with E-state index >= 15 is 0 Å². The first-order valence-electron chi connectivity index (χ1n) is 3.91. The van der Waals surface area contributed by atoms with E-state index < -0.39 is 0 Å². The van der Waals surface area contributed by atoms with Gasteiger partial charge in [-0.25, -0.2) is 0 Å². The molecule has 0 amide bonds. The van der Waals surface area contributed by atoms with E-state index in [0.29, 0.717) is 0 Å². The Balaban J connectivity index is 2.40. The first-order valence-corrected chi connectivity index (χ1v) is 5.55. The van der Waals surface area contributed by atoms with Gasteiger partial charge in [-0.15, -0.1) is 11.3 Å². The standard InChI is InChI=1S/C9H7BOS2/c10-9-4-3-8(13-9)7-2-1-6(5-11)12-7/h1-5H,10H2. The third-order valence-corrected chi connectivity index (χ3v) is 3.93. The minimum absolute atomic E-state index is 0.793. The summed E-state index contributed by atoms with van der Waals surface area (Å²) in [6, 6.07) is 8.06. The quantitative estimate of drug-likeness (QED) is 0.538. The van der Waals surface area contributed by atoms with Crippen LogP contribution in [-0.4, -0.2) is 14.1 Å². The summed E-state index contributed by atoms with van der Waals surface area (Å²) >= 11 is 3.30. The molecule has 0 aliphatic heterocycles. The van der Waals surface area contributed by atoms with Gasteiger partial charge in [0.25, 0.3) is 0 Å². The fourth-order valence-electron chi connectivity index (χ4n) is 1.12. The molecule has 0 bridgehead atoms. The molecule has 0 radical (unpaired) electrons. The highest BCUT2D eigenvalue weighted by Gasteiger charge is 2.03. The number of hydrogen-bond donors (Lipinski definition) is 0. The van der Waals surface area contributed by atoms with Crippen LogP contribution in [0.5, 0.6) is 0 Å². The molecule has 1 nitrogen and oxygen atoms in total. The molecule has 0 N–H and O–H groups in total. The Morgan fingerprint density at radius 3 is 2.31 bits per heavy atom. The molecule has 64 valence electrons. The first kappa shape index (κ1) is 8.72. The van der Waals surface area contributed by atoms with E-state index in [1.165, 1.54) is 14.5 Å². The van der Waals surface area contributed by atoms with Crippen LogP contribution < -0.4 is 4.78 Å². The van der Waals surface area contributed by atoms with Crippen LogP contribution >= 0.6 is 22.7 Å². The van der Waals surface area contributed by atoms with Crippen molar-refractivity contribution >= 4 is 41.6 Å². The van der Waals surface area contributed by atoms with Crippen LogP contribution in [0.15, 0.2) is 24.3 Å². The predicted octanol–water partition coefficient (Wildman–Crippen LogP) is 1.55. The molecule has 0 saturated heterocycles. The molecule has 2 aromatic rings. The van der Waals surface area contributed by atoms with E-state index in [9.17, 15) is 4.79 Å². The number of hydrogen-bond acceptors (Lipinski definition) is 3. The minimum Gasteiger partial charge on any atom is -0.297 e. The zero-order chi connectivity index (χ0) is 9.26. The molecule has 2 rings (SSSR count). The van der Waals surface area contributed by atoms with Crippen molar-refractivity contribution in [2.45, 2.75) is 0 Å². The maximum atomic E-state index is 10.5. The number of carbonyl (C=O) groups is 1. The predicted molar refractivity (Wildman–Crippen MR) is 61.2 cm³/mol. The van der Waals surface area contributed by atoms with Crippen LogP contribution in [0.1, 0.15) is 9.67 Å². The molecule has 4 heteroatoms. The van der Waals surface area contributed by atoms with Gasteiger partial charge in [-0.2, -0.15) is 11.3 Å². The molecular weight excluding hydrogens is 199 g/mol. The molecule has 2 aromatic heterocycles. The lowest BCUT2D eigenvalue weighted by Gasteiger charge is -1.86. The molecule has 13 heavy (non-hydrogen) atoms. The number of rotatable bonds is 2. The van der Waals surface area contributed by atoms with Crippen LogP contribution in [0.3, 0.4) is 0 Å². The highest BCUT2D eigenvalue weighted by molar-refractivity contribution is 7.26. The van der Waals surface area contributed by atoms with Crippen molar-refractivity contribution in [3.8, 4) is 9.75 Å². The van der Waals surface area contributed by atoms with Gasteiger partial charge in [-0.3, -0.25) is 4.79 Å². The Bertz CT molecular complexity index is 430. The molecule has 0 saturated carbocycles. The van der Waals surface area contributed by atoms with E-state index in [0.717, 1.165) is 11.2 Å². The maximum absolute atomic E-state index is 10.5. The smallest absolute Gasteiger partial charge is 0.160 e. The average Bonchev–Trinajstić information content (AvgIpc) is 2.71. The van der Waals surface area contributed by atoms with E-state index in [1.54, 1.807) is 22.7 Å². The zero-order valence-electron chi connectivity index (χ0n) is 7.11. The van der Waals surface area contributed by atoms with Crippen LogP contribution in [0.2, 0.25) is 0 Å². The fraction of sp³-hybridized carbons (Fsp3) is 0. The Kier molecular flexibility index (Phi) is 2.33. The second-order valence-electron chi connectivity index (χ2n) is 2.73. The second kappa shape index (κ2) is 3.48. The Hall–Kier alpha value is -0.865. The lowest BCUT2D eigenvalue weighted by atomic mass is 10.1. The third kappa shape index (κ3) is 1.74. The van der Waals surface area contributed by atoms with Crippen molar-refractivity contribution in [2.24, 2.45) is 0 Å². The summed E-state index contributed by atoms with van der Waals surface area (Å²) in [5.74, 6) is 0. The second-order valence-corrected chi connectivity index (χ2v) is 5.13. The number of aldehydes is 1. The average molecular weight is 206 g/mol. The van der Waals surface area contributed by atoms with Gasteiger partial charge in [0, 0.05) is 9.75 Å². The SMILES string of the molecule is Bc1ccc(-c2ccc(C=O)s2)s1. The van der Waals surface area contributed by atoms with E-state index in [-0.39, 0.29) is 0 Å². The van der Waals surface area contributed by atoms with E-state index in [4.69, 9.17) is 0 Å². The molecule has 0 aromatic carbocycles. The molecule has 0 fully saturated rings. The van der Waals surface area contributed by atoms with Gasteiger partial charge in [0.15, 0.2) is 14.1 Å². The summed E-state index contributed by atoms with van der Waals surface area (Å²) in [7, 11) is 2.09. The van der Waals surface area contributed by atoms with Gasteiger partial charge in [0.1, 0.15) is 0 Å². The summed E-state index contributed by atoms with van der Waals surface area (Å²) < 4.78 is 1.30. The van der Waals surface area contributed by atoms with Crippen LogP contribution in [0.25, 0.3) is 9.75 Å². The van der Waals surface area contributed by atoms with Gasteiger partial charge in [0.2, 0.25) is 0 Å². The molecular formula is C9H7BOS2. The number of thiophene rings is 2. The van der Waals surface area contributed by atoms with Crippen LogP contribution in [0.4, 0.5) is 0 Å². The Morgan fingerprint density at radius 2 is 1.77 bits per heavy atom. The number of carbonyl (C=O) groups excluding carboxylic acids is 1. The van der Waals surface area contributed by atoms with Crippen molar-refractivity contribution < 1.29 is 4.79 Å². The molecule has 0 atom stereocenters. The van der Waals surface area contributed by atoms with Gasteiger partial charge in [-0.05, 0) is 23.0 Å². The van der Waals surface area contributed by atoms with Crippen LogP contribution in [0, 0.1) is 0 Å². The van der Waals surface area contributed by atoms with Crippen molar-refractivity contribution in [2.75, 3.05) is 0 Å². The summed E-state index contributed by atoms with van der Waals surface area (Å²) in [6.45, 7) is 0. The Morgan fingerprint density at radius 1 is 1.08 bits per heavy atom. The summed E-state index contributed by atoms with van der Waals surface area (Å²) in [5, 5.41) is 0. The van der Waals surface area contributed by atoms with E-state index in [2.05, 4.69) is 20.0 Å². The molecule has 0 aliphatic rings. The summed E-state index contributed by atoms with van der Waals surface area (Å²) in [6.07, 6.45) is 0.897. The zero-order valence-corrected chi connectivity index (χ0v) is 8.74.